The highest BCUT2D eigenvalue weighted by Gasteiger charge is 2.19. The van der Waals surface area contributed by atoms with Crippen molar-refractivity contribution < 1.29 is 15.0 Å². The Morgan fingerprint density at radius 2 is 0.844 bits per heavy atom. The maximum Gasteiger partial charge on any atom is 0.220 e. The van der Waals surface area contributed by atoms with Crippen molar-refractivity contribution >= 4 is 5.91 Å². The molecule has 0 fully saturated rings. The Labute approximate surface area is 282 Å². The number of hydrogen-bond acceptors (Lipinski definition) is 3. The lowest BCUT2D eigenvalue weighted by molar-refractivity contribution is -0.123. The smallest absolute Gasteiger partial charge is 0.220 e. The molecule has 4 heteroatoms. The first kappa shape index (κ1) is 44.1. The molecular weight excluding hydrogens is 554 g/mol. The summed E-state index contributed by atoms with van der Waals surface area (Å²) in [6.45, 7) is 4.36. The van der Waals surface area contributed by atoms with Gasteiger partial charge in [0.1, 0.15) is 0 Å². The van der Waals surface area contributed by atoms with Crippen molar-refractivity contribution in [3.63, 3.8) is 0 Å². The van der Waals surface area contributed by atoms with E-state index >= 15 is 0 Å². The van der Waals surface area contributed by atoms with Gasteiger partial charge in [0.05, 0.1) is 18.8 Å². The molecule has 0 aromatic carbocycles. The minimum atomic E-state index is -0.676. The second kappa shape index (κ2) is 37.6. The minimum Gasteiger partial charge on any atom is -0.394 e. The molecule has 3 N–H and O–H groups in total. The van der Waals surface area contributed by atoms with E-state index in [1.54, 1.807) is 0 Å². The fraction of sp³-hybridized carbons (Fsp3) is 0.927. The Bertz CT molecular complexity index is 608. The van der Waals surface area contributed by atoms with Crippen LogP contribution in [0.3, 0.4) is 0 Å². The first-order valence-electron chi connectivity index (χ1n) is 20.4. The van der Waals surface area contributed by atoms with Crippen LogP contribution in [0.5, 0.6) is 0 Å². The highest BCUT2D eigenvalue weighted by Crippen LogP contribution is 2.15. The highest BCUT2D eigenvalue weighted by molar-refractivity contribution is 5.76. The molecule has 4 nitrogen and oxygen atoms in total. The molecule has 0 aliphatic heterocycles. The van der Waals surface area contributed by atoms with E-state index in [4.69, 9.17) is 0 Å². The molecule has 0 saturated heterocycles. The van der Waals surface area contributed by atoms with Gasteiger partial charge in [-0.05, 0) is 38.5 Å². The average molecular weight is 636 g/mol. The Morgan fingerprint density at radius 3 is 1.22 bits per heavy atom. The summed E-state index contributed by atoms with van der Waals surface area (Å²) in [6.07, 6.45) is 45.6. The lowest BCUT2D eigenvalue weighted by Gasteiger charge is -2.22. The number of carbonyl (C=O) groups is 1. The molecule has 1 amide bonds. The van der Waals surface area contributed by atoms with Gasteiger partial charge in [0.2, 0.25) is 5.91 Å². The van der Waals surface area contributed by atoms with E-state index in [9.17, 15) is 15.0 Å². The van der Waals surface area contributed by atoms with Crippen molar-refractivity contribution in [1.29, 1.82) is 0 Å². The molecule has 0 aliphatic rings. The molecule has 0 saturated carbocycles. The van der Waals surface area contributed by atoms with Crippen LogP contribution in [0.25, 0.3) is 0 Å². The van der Waals surface area contributed by atoms with Gasteiger partial charge in [-0.2, -0.15) is 0 Å². The van der Waals surface area contributed by atoms with Crippen LogP contribution in [0.4, 0.5) is 0 Å². The van der Waals surface area contributed by atoms with Crippen molar-refractivity contribution in [2.75, 3.05) is 6.61 Å². The van der Waals surface area contributed by atoms with Crippen molar-refractivity contribution in [1.82, 2.24) is 5.32 Å². The Morgan fingerprint density at radius 1 is 0.511 bits per heavy atom. The molecule has 0 bridgehead atoms. The predicted molar refractivity (Wildman–Crippen MR) is 198 cm³/mol. The zero-order chi connectivity index (χ0) is 32.9. The Kier molecular flexibility index (Phi) is 36.9. The van der Waals surface area contributed by atoms with E-state index in [1.807, 2.05) is 0 Å². The van der Waals surface area contributed by atoms with E-state index in [-0.39, 0.29) is 12.5 Å². The predicted octanol–water partition coefficient (Wildman–Crippen LogP) is 12.3. The maximum absolute atomic E-state index is 12.4. The number of aliphatic hydroxyl groups excluding tert-OH is 2. The summed E-state index contributed by atoms with van der Waals surface area (Å²) in [5.41, 5.74) is 0. The summed E-state index contributed by atoms with van der Waals surface area (Å²) < 4.78 is 0. The van der Waals surface area contributed by atoms with Gasteiger partial charge in [0.15, 0.2) is 0 Å². The topological polar surface area (TPSA) is 69.6 Å². The van der Waals surface area contributed by atoms with Gasteiger partial charge in [0.25, 0.3) is 0 Å². The lowest BCUT2D eigenvalue weighted by atomic mass is 10.0. The zero-order valence-corrected chi connectivity index (χ0v) is 30.7. The number of carbonyl (C=O) groups excluding carboxylic acids is 1. The van der Waals surface area contributed by atoms with Crippen LogP contribution < -0.4 is 5.32 Å². The van der Waals surface area contributed by atoms with Crippen molar-refractivity contribution in [2.24, 2.45) is 0 Å². The third-order valence-corrected chi connectivity index (χ3v) is 9.53. The summed E-state index contributed by atoms with van der Waals surface area (Å²) in [5, 5.41) is 23.1. The Balaban J connectivity index is 3.54. The monoisotopic (exact) mass is 636 g/mol. The SMILES string of the molecule is CCCCCCCCCCCC/C=C/CCCC[C@@H](O)[C@H](CO)NC(=O)CCCCCCCCCCCCCCCCCCC. The van der Waals surface area contributed by atoms with Gasteiger partial charge in [0, 0.05) is 6.42 Å². The normalized spacial score (nSPS) is 13.1. The van der Waals surface area contributed by atoms with E-state index in [1.165, 1.54) is 167 Å². The van der Waals surface area contributed by atoms with Gasteiger partial charge in [-0.3, -0.25) is 4.79 Å². The first-order valence-corrected chi connectivity index (χ1v) is 20.4. The number of hydrogen-bond donors (Lipinski definition) is 3. The molecule has 0 aliphatic carbocycles. The number of rotatable bonds is 37. The fourth-order valence-corrected chi connectivity index (χ4v) is 6.36. The van der Waals surface area contributed by atoms with Crippen LogP contribution in [-0.4, -0.2) is 34.9 Å². The molecule has 0 aromatic rings. The summed E-state index contributed by atoms with van der Waals surface area (Å²) in [4.78, 5) is 12.4. The summed E-state index contributed by atoms with van der Waals surface area (Å²) in [5.74, 6) is -0.0380. The molecule has 0 aromatic heterocycles. The fourth-order valence-electron chi connectivity index (χ4n) is 6.36. The molecule has 45 heavy (non-hydrogen) atoms. The number of nitrogens with one attached hydrogen (secondary N) is 1. The van der Waals surface area contributed by atoms with Crippen LogP contribution in [0.2, 0.25) is 0 Å². The highest BCUT2D eigenvalue weighted by atomic mass is 16.3. The summed E-state index contributed by atoms with van der Waals surface area (Å²) in [7, 11) is 0. The number of aliphatic hydroxyl groups is 2. The van der Waals surface area contributed by atoms with Crippen molar-refractivity contribution in [3.05, 3.63) is 12.2 Å². The van der Waals surface area contributed by atoms with Gasteiger partial charge in [-0.15, -0.1) is 0 Å². The van der Waals surface area contributed by atoms with Crippen LogP contribution in [0, 0.1) is 0 Å². The number of amides is 1. The molecule has 0 unspecified atom stereocenters. The van der Waals surface area contributed by atoms with Crippen LogP contribution in [-0.2, 0) is 4.79 Å². The molecule has 0 heterocycles. The molecule has 0 rings (SSSR count). The molecular formula is C41H81NO3. The average Bonchev–Trinajstić information content (AvgIpc) is 3.04. The van der Waals surface area contributed by atoms with Gasteiger partial charge in [-0.1, -0.05) is 193 Å². The Hall–Kier alpha value is -0.870. The second-order valence-electron chi connectivity index (χ2n) is 14.1. The van der Waals surface area contributed by atoms with E-state index in [2.05, 4.69) is 31.3 Å². The standard InChI is InChI=1S/C41H81NO3/c1-3-5-7-9-11-13-15-17-19-21-23-25-27-29-31-33-35-37-41(45)42-39(38-43)40(44)36-34-32-30-28-26-24-22-20-18-16-14-12-10-8-6-4-2/h26,28,39-40,43-44H,3-25,27,29-38H2,1-2H3,(H,42,45)/b28-26+/t39-,40+/m0/s1. The van der Waals surface area contributed by atoms with Crippen molar-refractivity contribution in [2.45, 2.75) is 238 Å². The number of allylic oxidation sites excluding steroid dienone is 2. The molecule has 0 radical (unpaired) electrons. The molecule has 2 atom stereocenters. The maximum atomic E-state index is 12.4. The second-order valence-corrected chi connectivity index (χ2v) is 14.1. The summed E-state index contributed by atoms with van der Waals surface area (Å²) >= 11 is 0. The first-order chi connectivity index (χ1) is 22.2. The van der Waals surface area contributed by atoms with Gasteiger partial charge >= 0.3 is 0 Å². The quantitative estimate of drug-likeness (QED) is 0.0470. The third-order valence-electron chi connectivity index (χ3n) is 9.53. The van der Waals surface area contributed by atoms with E-state index in [0.717, 1.165) is 32.1 Å². The van der Waals surface area contributed by atoms with Crippen molar-refractivity contribution in [3.8, 4) is 0 Å². The van der Waals surface area contributed by atoms with Gasteiger partial charge < -0.3 is 15.5 Å². The van der Waals surface area contributed by atoms with Crippen LogP contribution in [0.1, 0.15) is 226 Å². The van der Waals surface area contributed by atoms with Crippen LogP contribution >= 0.6 is 0 Å². The van der Waals surface area contributed by atoms with E-state index in [0.29, 0.717) is 12.8 Å². The van der Waals surface area contributed by atoms with Crippen LogP contribution in [0.15, 0.2) is 12.2 Å². The molecule has 0 spiro atoms. The van der Waals surface area contributed by atoms with E-state index < -0.39 is 12.1 Å². The van der Waals surface area contributed by atoms with Gasteiger partial charge in [-0.25, -0.2) is 0 Å². The molecule has 268 valence electrons. The number of unbranched alkanes of at least 4 members (excludes halogenated alkanes) is 28. The third kappa shape index (κ3) is 34.3. The largest absolute Gasteiger partial charge is 0.394 e. The minimum absolute atomic E-state index is 0.0380. The zero-order valence-electron chi connectivity index (χ0n) is 30.7. The summed E-state index contributed by atoms with van der Waals surface area (Å²) in [6, 6.07) is -0.546. The lowest BCUT2D eigenvalue weighted by Crippen LogP contribution is -2.45.